The Bertz CT molecular complexity index is 685. The van der Waals surface area contributed by atoms with Crippen LogP contribution in [0.5, 0.6) is 0 Å². The highest BCUT2D eigenvalue weighted by atomic mass is 32.2. The molecule has 0 saturated heterocycles. The zero-order chi connectivity index (χ0) is 18.1. The van der Waals surface area contributed by atoms with Gasteiger partial charge in [-0.05, 0) is 17.5 Å². The minimum Gasteiger partial charge on any atom is -0.356 e. The molecule has 0 aliphatic rings. The first kappa shape index (κ1) is 19.7. The van der Waals surface area contributed by atoms with Crippen molar-refractivity contribution in [3.63, 3.8) is 0 Å². The topological polar surface area (TPSA) is 49.3 Å². The van der Waals surface area contributed by atoms with Gasteiger partial charge in [0.25, 0.3) is 0 Å². The monoisotopic (exact) mass is 380 g/mol. The van der Waals surface area contributed by atoms with E-state index in [9.17, 15) is 4.39 Å². The fourth-order valence-electron chi connectivity index (χ4n) is 2.09. The van der Waals surface area contributed by atoms with Gasteiger partial charge < -0.3 is 10.6 Å². The van der Waals surface area contributed by atoms with Gasteiger partial charge in [-0.25, -0.2) is 9.37 Å². The van der Waals surface area contributed by atoms with Gasteiger partial charge in [0.15, 0.2) is 5.96 Å². The molecule has 2 N–H and O–H groups in total. The Morgan fingerprint density at radius 1 is 1.32 bits per heavy atom. The Morgan fingerprint density at radius 2 is 2.12 bits per heavy atom. The lowest BCUT2D eigenvalue weighted by molar-refractivity contribution is 0.617. The van der Waals surface area contributed by atoms with Gasteiger partial charge in [-0.2, -0.15) is 11.8 Å². The molecule has 7 heteroatoms. The van der Waals surface area contributed by atoms with Crippen molar-refractivity contribution in [3.05, 3.63) is 51.7 Å². The molecule has 1 aromatic heterocycles. The van der Waals surface area contributed by atoms with Crippen molar-refractivity contribution >= 4 is 29.1 Å². The summed E-state index contributed by atoms with van der Waals surface area (Å²) in [5.74, 6) is 2.63. The second-order valence-corrected chi connectivity index (χ2v) is 7.87. The van der Waals surface area contributed by atoms with Crippen LogP contribution in [-0.2, 0) is 12.3 Å². The average Bonchev–Trinajstić information content (AvgIpc) is 3.08. The average molecular weight is 381 g/mol. The molecule has 25 heavy (non-hydrogen) atoms. The number of nitrogens with zero attached hydrogens (tertiary/aromatic N) is 2. The van der Waals surface area contributed by atoms with E-state index in [0.29, 0.717) is 18.2 Å². The molecule has 0 atom stereocenters. The largest absolute Gasteiger partial charge is 0.356 e. The van der Waals surface area contributed by atoms with Gasteiger partial charge in [-0.1, -0.05) is 32.0 Å². The number of hydrogen-bond donors (Lipinski definition) is 2. The molecular weight excluding hydrogens is 355 g/mol. The van der Waals surface area contributed by atoms with Gasteiger partial charge >= 0.3 is 0 Å². The molecule has 0 amide bonds. The summed E-state index contributed by atoms with van der Waals surface area (Å²) < 4.78 is 13.5. The fourth-order valence-corrected chi connectivity index (χ4v) is 3.83. The normalized spacial score (nSPS) is 11.8. The maximum atomic E-state index is 13.5. The molecular formula is C18H25FN4S2. The maximum Gasteiger partial charge on any atom is 0.191 e. The molecule has 136 valence electrons. The minimum absolute atomic E-state index is 0.135. The number of halogens is 1. The van der Waals surface area contributed by atoms with Crippen molar-refractivity contribution in [2.75, 3.05) is 19.3 Å². The van der Waals surface area contributed by atoms with Gasteiger partial charge in [0.2, 0.25) is 0 Å². The van der Waals surface area contributed by atoms with E-state index in [1.807, 2.05) is 12.1 Å². The van der Waals surface area contributed by atoms with E-state index in [2.05, 4.69) is 39.8 Å². The molecule has 0 spiro atoms. The van der Waals surface area contributed by atoms with E-state index in [-0.39, 0.29) is 5.82 Å². The Labute approximate surface area is 157 Å². The molecule has 2 rings (SSSR count). The second kappa shape index (κ2) is 10.4. The molecule has 0 aliphatic carbocycles. The standard InChI is InChI=1S/C18H25FN4S2/c1-13(2)16-12-25-17(23-16)10-22-18(20-3)21-8-9-24-11-14-6-4-5-7-15(14)19/h4-7,12-13H,8-11H2,1-3H3,(H2,20,21,22). The first-order chi connectivity index (χ1) is 12.1. The molecule has 1 aromatic carbocycles. The van der Waals surface area contributed by atoms with Gasteiger partial charge in [-0.15, -0.1) is 11.3 Å². The van der Waals surface area contributed by atoms with Gasteiger partial charge in [-0.3, -0.25) is 4.99 Å². The molecule has 0 unspecified atom stereocenters. The third-order valence-electron chi connectivity index (χ3n) is 3.55. The lowest BCUT2D eigenvalue weighted by atomic mass is 10.2. The zero-order valence-corrected chi connectivity index (χ0v) is 16.5. The molecule has 1 heterocycles. The molecule has 0 saturated carbocycles. The molecule has 0 radical (unpaired) electrons. The van der Waals surface area contributed by atoms with Gasteiger partial charge in [0.1, 0.15) is 10.8 Å². The van der Waals surface area contributed by atoms with E-state index >= 15 is 0 Å². The molecule has 0 aliphatic heterocycles. The highest BCUT2D eigenvalue weighted by molar-refractivity contribution is 7.98. The second-order valence-electron chi connectivity index (χ2n) is 5.82. The lowest BCUT2D eigenvalue weighted by Crippen LogP contribution is -2.37. The number of hydrogen-bond acceptors (Lipinski definition) is 4. The maximum absolute atomic E-state index is 13.5. The number of rotatable bonds is 8. The summed E-state index contributed by atoms with van der Waals surface area (Å²) in [5, 5.41) is 9.71. The van der Waals surface area contributed by atoms with Crippen LogP contribution in [0, 0.1) is 5.82 Å². The van der Waals surface area contributed by atoms with Crippen LogP contribution in [0.2, 0.25) is 0 Å². The zero-order valence-electron chi connectivity index (χ0n) is 14.9. The third kappa shape index (κ3) is 6.66. The van der Waals surface area contributed by atoms with Crippen molar-refractivity contribution in [2.24, 2.45) is 4.99 Å². The summed E-state index contributed by atoms with van der Waals surface area (Å²) in [6.07, 6.45) is 0. The van der Waals surface area contributed by atoms with Crippen LogP contribution in [0.15, 0.2) is 34.6 Å². The molecule has 0 bridgehead atoms. The number of nitrogens with one attached hydrogen (secondary N) is 2. The Balaban J connectivity index is 1.65. The molecule has 0 fully saturated rings. The van der Waals surface area contributed by atoms with Crippen LogP contribution >= 0.6 is 23.1 Å². The van der Waals surface area contributed by atoms with E-state index < -0.39 is 0 Å². The fraction of sp³-hybridized carbons (Fsp3) is 0.444. The van der Waals surface area contributed by atoms with Crippen molar-refractivity contribution in [1.29, 1.82) is 0 Å². The van der Waals surface area contributed by atoms with Crippen molar-refractivity contribution in [3.8, 4) is 0 Å². The summed E-state index contributed by atoms with van der Waals surface area (Å²) in [5.41, 5.74) is 1.88. The van der Waals surface area contributed by atoms with E-state index in [1.165, 1.54) is 6.07 Å². The Morgan fingerprint density at radius 3 is 2.80 bits per heavy atom. The Hall–Kier alpha value is -1.60. The lowest BCUT2D eigenvalue weighted by Gasteiger charge is -2.11. The third-order valence-corrected chi connectivity index (χ3v) is 5.42. The molecule has 4 nitrogen and oxygen atoms in total. The predicted octanol–water partition coefficient (Wildman–Crippen LogP) is 4.00. The summed E-state index contributed by atoms with van der Waals surface area (Å²) >= 11 is 3.36. The van der Waals surface area contributed by atoms with Crippen LogP contribution in [0.1, 0.15) is 36.0 Å². The van der Waals surface area contributed by atoms with E-state index in [4.69, 9.17) is 0 Å². The van der Waals surface area contributed by atoms with Crippen molar-refractivity contribution < 1.29 is 4.39 Å². The summed E-state index contributed by atoms with van der Waals surface area (Å²) in [7, 11) is 1.75. The number of thiazole rings is 1. The number of thioether (sulfide) groups is 1. The van der Waals surface area contributed by atoms with Crippen LogP contribution in [0.4, 0.5) is 4.39 Å². The number of aliphatic imine (C=N–C) groups is 1. The quantitative estimate of drug-likeness (QED) is 0.413. The van der Waals surface area contributed by atoms with Crippen LogP contribution in [0.3, 0.4) is 0 Å². The van der Waals surface area contributed by atoms with Gasteiger partial charge in [0, 0.05) is 30.5 Å². The first-order valence-corrected chi connectivity index (χ1v) is 10.3. The smallest absolute Gasteiger partial charge is 0.191 e. The Kier molecular flexibility index (Phi) is 8.21. The highest BCUT2D eigenvalue weighted by Gasteiger charge is 2.06. The first-order valence-electron chi connectivity index (χ1n) is 8.30. The van der Waals surface area contributed by atoms with Crippen LogP contribution < -0.4 is 10.6 Å². The molecule has 2 aromatic rings. The van der Waals surface area contributed by atoms with Crippen LogP contribution in [-0.4, -0.2) is 30.3 Å². The van der Waals surface area contributed by atoms with Gasteiger partial charge in [0.05, 0.1) is 12.2 Å². The predicted molar refractivity (Wildman–Crippen MR) is 107 cm³/mol. The van der Waals surface area contributed by atoms with E-state index in [0.717, 1.165) is 34.5 Å². The van der Waals surface area contributed by atoms with Crippen molar-refractivity contribution in [1.82, 2.24) is 15.6 Å². The summed E-state index contributed by atoms with van der Waals surface area (Å²) in [6, 6.07) is 6.92. The number of benzene rings is 1. The highest BCUT2D eigenvalue weighted by Crippen LogP contribution is 2.17. The number of guanidine groups is 1. The summed E-state index contributed by atoms with van der Waals surface area (Å²) in [4.78, 5) is 8.82. The minimum atomic E-state index is -0.135. The SMILES string of the molecule is CN=C(NCCSCc1ccccc1F)NCc1nc(C(C)C)cs1. The number of aromatic nitrogens is 1. The van der Waals surface area contributed by atoms with Crippen LogP contribution in [0.25, 0.3) is 0 Å². The summed E-state index contributed by atoms with van der Waals surface area (Å²) in [6.45, 7) is 5.73. The van der Waals surface area contributed by atoms with E-state index in [1.54, 1.807) is 36.2 Å². The van der Waals surface area contributed by atoms with Crippen molar-refractivity contribution in [2.45, 2.75) is 32.1 Å².